The number of carbonyl (C=O) groups excluding carboxylic acids is 2. The van der Waals surface area contributed by atoms with E-state index in [0.29, 0.717) is 31.4 Å². The minimum atomic E-state index is -1.59. The number of ether oxygens (including phenoxy) is 1. The van der Waals surface area contributed by atoms with Crippen LogP contribution in [0.5, 0.6) is 5.75 Å². The lowest BCUT2D eigenvalue weighted by Crippen LogP contribution is -2.64. The first kappa shape index (κ1) is 33.4. The summed E-state index contributed by atoms with van der Waals surface area (Å²) >= 11 is 0. The van der Waals surface area contributed by atoms with Gasteiger partial charge >= 0.3 is 13.1 Å². The van der Waals surface area contributed by atoms with Crippen molar-refractivity contribution in [3.63, 3.8) is 0 Å². The Morgan fingerprint density at radius 3 is 2.61 bits per heavy atom. The third kappa shape index (κ3) is 5.09. The van der Waals surface area contributed by atoms with Crippen LogP contribution in [0.3, 0.4) is 0 Å². The van der Waals surface area contributed by atoms with Crippen LogP contribution in [0, 0.1) is 45.7 Å². The number of likely N-dealkylation sites (tertiary alicyclic amines) is 1. The number of benzene rings is 1. The van der Waals surface area contributed by atoms with Gasteiger partial charge < -0.3 is 34.6 Å². The average Bonchev–Trinajstić information content (AvgIpc) is 3.72. The van der Waals surface area contributed by atoms with Crippen molar-refractivity contribution < 1.29 is 48.5 Å². The third-order valence-electron chi connectivity index (χ3n) is 13.2. The predicted molar refractivity (Wildman–Crippen MR) is 165 cm³/mol. The van der Waals surface area contributed by atoms with Crippen molar-refractivity contribution in [2.24, 2.45) is 39.9 Å². The SMILES string of the molecule is C[C@@H]1CC[C@@]23CCC(=O)[C@H]2[C@@]1(C)[C@H](C(Oc1ccc2c(c1F)B(O)OC2)C(=O)O)C[C@@](C)(CCC(=O)N1CCC(O)C1)[C@@H](O)[C@@H]3C. The zero-order valence-corrected chi connectivity index (χ0v) is 27.2. The molecule has 12 heteroatoms. The molecule has 5 aliphatic rings. The van der Waals surface area contributed by atoms with E-state index in [-0.39, 0.29) is 67.2 Å². The van der Waals surface area contributed by atoms with Crippen LogP contribution in [0.1, 0.15) is 84.6 Å². The van der Waals surface area contributed by atoms with Gasteiger partial charge in [0.15, 0.2) is 17.7 Å². The van der Waals surface area contributed by atoms with Crippen molar-refractivity contribution in [2.45, 2.75) is 104 Å². The molecule has 2 heterocycles. The van der Waals surface area contributed by atoms with Crippen molar-refractivity contribution in [3.05, 3.63) is 23.5 Å². The van der Waals surface area contributed by atoms with Crippen molar-refractivity contribution >= 4 is 30.2 Å². The van der Waals surface area contributed by atoms with Crippen molar-refractivity contribution in [1.82, 2.24) is 4.90 Å². The normalized spacial score (nSPS) is 39.4. The Morgan fingerprint density at radius 1 is 1.20 bits per heavy atom. The van der Waals surface area contributed by atoms with Gasteiger partial charge in [0.25, 0.3) is 0 Å². The van der Waals surface area contributed by atoms with Gasteiger partial charge in [-0.3, -0.25) is 9.59 Å². The lowest BCUT2D eigenvalue weighted by atomic mass is 9.41. The molecule has 0 spiro atoms. The number of amides is 1. The molecule has 4 fully saturated rings. The molecule has 46 heavy (non-hydrogen) atoms. The number of hydrogen-bond acceptors (Lipinski definition) is 8. The Kier molecular flexibility index (Phi) is 8.60. The first-order valence-corrected chi connectivity index (χ1v) is 16.8. The Morgan fingerprint density at radius 2 is 1.93 bits per heavy atom. The van der Waals surface area contributed by atoms with Crippen molar-refractivity contribution in [2.75, 3.05) is 13.1 Å². The predicted octanol–water partition coefficient (Wildman–Crippen LogP) is 2.67. The fourth-order valence-corrected chi connectivity index (χ4v) is 10.3. The Hall–Kier alpha value is -2.54. The molecule has 1 aromatic rings. The molecule has 2 bridgehead atoms. The minimum absolute atomic E-state index is 0.0175. The van der Waals surface area contributed by atoms with Gasteiger partial charge in [-0.2, -0.15) is 0 Å². The van der Waals surface area contributed by atoms with Gasteiger partial charge in [-0.15, -0.1) is 0 Å². The molecule has 6 rings (SSSR count). The van der Waals surface area contributed by atoms with Gasteiger partial charge in [-0.25, -0.2) is 9.18 Å². The molecule has 10 atom stereocenters. The summed E-state index contributed by atoms with van der Waals surface area (Å²) in [7, 11) is -1.50. The topological polar surface area (TPSA) is 154 Å². The van der Waals surface area contributed by atoms with Crippen LogP contribution in [0.25, 0.3) is 0 Å². The quantitative estimate of drug-likeness (QED) is 0.329. The Labute approximate surface area is 269 Å². The fourth-order valence-electron chi connectivity index (χ4n) is 10.3. The first-order valence-electron chi connectivity index (χ1n) is 16.8. The Balaban J connectivity index is 1.44. The zero-order valence-electron chi connectivity index (χ0n) is 27.2. The second-order valence-electron chi connectivity index (χ2n) is 15.4. The van der Waals surface area contributed by atoms with Crippen LogP contribution in [0.2, 0.25) is 0 Å². The van der Waals surface area contributed by atoms with E-state index in [2.05, 4.69) is 0 Å². The van der Waals surface area contributed by atoms with E-state index in [1.54, 1.807) is 11.0 Å². The number of carboxylic acid groups (broad SMARTS) is 1. The number of fused-ring (bicyclic) bond motifs is 1. The summed E-state index contributed by atoms with van der Waals surface area (Å²) in [6, 6.07) is 2.90. The number of aliphatic carboxylic acids is 1. The maximum Gasteiger partial charge on any atom is 0.494 e. The highest BCUT2D eigenvalue weighted by molar-refractivity contribution is 6.61. The molecule has 1 amide bonds. The van der Waals surface area contributed by atoms with Crippen LogP contribution in [0.4, 0.5) is 4.39 Å². The average molecular weight is 644 g/mol. The Bertz CT molecular complexity index is 1410. The summed E-state index contributed by atoms with van der Waals surface area (Å²) in [4.78, 5) is 42.1. The third-order valence-corrected chi connectivity index (χ3v) is 13.2. The van der Waals surface area contributed by atoms with E-state index in [0.717, 1.165) is 12.8 Å². The number of Topliss-reactive ketones (excluding diaryl/α,β-unsaturated/α-hetero) is 1. The lowest BCUT2D eigenvalue weighted by molar-refractivity contribution is -0.200. The number of carbonyl (C=O) groups is 3. The lowest BCUT2D eigenvalue weighted by Gasteiger charge is -2.63. The molecular weight excluding hydrogens is 596 g/mol. The van der Waals surface area contributed by atoms with Crippen LogP contribution < -0.4 is 10.2 Å². The van der Waals surface area contributed by atoms with Gasteiger partial charge in [-0.05, 0) is 78.2 Å². The molecule has 2 aliphatic heterocycles. The largest absolute Gasteiger partial charge is 0.494 e. The monoisotopic (exact) mass is 643 g/mol. The van der Waals surface area contributed by atoms with E-state index in [1.807, 2.05) is 27.7 Å². The maximum absolute atomic E-state index is 15.8. The van der Waals surface area contributed by atoms with Gasteiger partial charge in [-0.1, -0.05) is 33.8 Å². The fraction of sp³-hybridized carbons (Fsp3) is 0.735. The maximum atomic E-state index is 15.8. The molecule has 3 aliphatic carbocycles. The number of β-amino-alcohol motifs (C(OH)–C–C–N with tert-alkyl or cyclic N) is 1. The van der Waals surface area contributed by atoms with Gasteiger partial charge in [0.2, 0.25) is 5.91 Å². The van der Waals surface area contributed by atoms with Gasteiger partial charge in [0.05, 0.1) is 18.8 Å². The molecule has 0 radical (unpaired) electrons. The summed E-state index contributed by atoms with van der Waals surface area (Å²) in [5, 5.41) is 43.3. The first-order chi connectivity index (χ1) is 21.6. The molecular formula is C34H47BFNO9. The van der Waals surface area contributed by atoms with E-state index < -0.39 is 65.3 Å². The number of rotatable bonds is 7. The number of ketones is 1. The van der Waals surface area contributed by atoms with Crippen molar-refractivity contribution in [3.8, 4) is 5.75 Å². The van der Waals surface area contributed by atoms with Crippen LogP contribution >= 0.6 is 0 Å². The summed E-state index contributed by atoms with van der Waals surface area (Å²) in [6.07, 6.45) is 0.326. The molecule has 252 valence electrons. The van der Waals surface area contributed by atoms with Crippen molar-refractivity contribution in [1.29, 1.82) is 0 Å². The molecule has 4 N–H and O–H groups in total. The highest BCUT2D eigenvalue weighted by Crippen LogP contribution is 2.69. The summed E-state index contributed by atoms with van der Waals surface area (Å²) in [5.41, 5.74) is -2.00. The zero-order chi connectivity index (χ0) is 33.3. The van der Waals surface area contributed by atoms with E-state index >= 15 is 4.39 Å². The van der Waals surface area contributed by atoms with Crippen LogP contribution in [0.15, 0.2) is 12.1 Å². The highest BCUT2D eigenvalue weighted by atomic mass is 19.1. The molecule has 0 aromatic heterocycles. The van der Waals surface area contributed by atoms with Crippen LogP contribution in [-0.2, 0) is 25.6 Å². The standard InChI is InChI=1S/C34H47BFNO9/c1-18-7-12-34-13-8-23(39)29(34)33(18,4)22(28(31(42)43)46-24-6-5-20-17-45-35(44)26(20)27(24)36)15-32(3,30(41)19(34)2)11-9-25(40)37-14-10-21(38)16-37/h5-6,18-19,21-22,28-30,38,41,44H,7-17H2,1-4H3,(H,42,43)/t18-,19+,21?,22+,28?,29+,30+,32-,33-,34+/m1/s1. The number of carboxylic acids is 1. The smallest absolute Gasteiger partial charge is 0.478 e. The number of aliphatic hydroxyl groups excluding tert-OH is 2. The minimum Gasteiger partial charge on any atom is -0.478 e. The second-order valence-corrected chi connectivity index (χ2v) is 15.4. The van der Waals surface area contributed by atoms with E-state index in [4.69, 9.17) is 9.39 Å². The van der Waals surface area contributed by atoms with Gasteiger partial charge in [0, 0.05) is 43.2 Å². The summed E-state index contributed by atoms with van der Waals surface area (Å²) in [6.45, 7) is 8.68. The molecule has 10 nitrogen and oxygen atoms in total. The number of halogens is 1. The number of aliphatic hydroxyl groups is 2. The summed E-state index contributed by atoms with van der Waals surface area (Å²) in [5.74, 6) is -4.31. The molecule has 3 saturated carbocycles. The molecule has 1 saturated heterocycles. The van der Waals surface area contributed by atoms with E-state index in [9.17, 15) is 34.7 Å². The second kappa shape index (κ2) is 11.9. The van der Waals surface area contributed by atoms with Gasteiger partial charge in [0.1, 0.15) is 5.78 Å². The molecule has 1 aromatic carbocycles. The number of nitrogens with zero attached hydrogens (tertiary/aromatic N) is 1. The highest BCUT2D eigenvalue weighted by Gasteiger charge is 2.69. The summed E-state index contributed by atoms with van der Waals surface area (Å²) < 4.78 is 27.1. The van der Waals surface area contributed by atoms with E-state index in [1.165, 1.54) is 6.07 Å². The number of hydrogen-bond donors (Lipinski definition) is 4. The van der Waals surface area contributed by atoms with Crippen LogP contribution in [-0.4, -0.2) is 81.4 Å². The molecule has 2 unspecified atom stereocenters.